The van der Waals surface area contributed by atoms with Crippen LogP contribution in [-0.2, 0) is 4.79 Å². The highest BCUT2D eigenvalue weighted by molar-refractivity contribution is 5.82. The van der Waals surface area contributed by atoms with Crippen LogP contribution in [0.3, 0.4) is 0 Å². The fraction of sp³-hybridized carbons (Fsp3) is 0.562. The van der Waals surface area contributed by atoms with E-state index in [4.69, 9.17) is 0 Å². The van der Waals surface area contributed by atoms with Crippen molar-refractivity contribution < 1.29 is 9.59 Å². The van der Waals surface area contributed by atoms with E-state index in [-0.39, 0.29) is 0 Å². The average molecular weight is 302 g/mol. The number of amides is 1. The second-order valence-electron chi connectivity index (χ2n) is 5.85. The summed E-state index contributed by atoms with van der Waals surface area (Å²) in [6, 6.07) is 3.59. The minimum Gasteiger partial charge on any atom is -0.353 e. The molecule has 2 aliphatic heterocycles. The van der Waals surface area contributed by atoms with E-state index in [2.05, 4.69) is 14.8 Å². The molecule has 0 radical (unpaired) electrons. The van der Waals surface area contributed by atoms with Gasteiger partial charge < -0.3 is 9.80 Å². The molecule has 118 valence electrons. The molecule has 2 aliphatic rings. The second kappa shape index (κ2) is 6.87. The normalized spacial score (nSPS) is 19.7. The van der Waals surface area contributed by atoms with Gasteiger partial charge in [-0.15, -0.1) is 0 Å². The lowest BCUT2D eigenvalue weighted by Gasteiger charge is -2.36. The Kier molecular flexibility index (Phi) is 4.68. The summed E-state index contributed by atoms with van der Waals surface area (Å²) in [6.45, 7) is 6.30. The van der Waals surface area contributed by atoms with Gasteiger partial charge in [-0.05, 0) is 18.6 Å². The molecule has 0 saturated carbocycles. The number of anilines is 1. The van der Waals surface area contributed by atoms with Crippen molar-refractivity contribution in [1.82, 2.24) is 14.8 Å². The molecule has 6 heteroatoms. The van der Waals surface area contributed by atoms with E-state index in [0.717, 1.165) is 64.3 Å². The van der Waals surface area contributed by atoms with Gasteiger partial charge in [0.25, 0.3) is 0 Å². The lowest BCUT2D eigenvalue weighted by Crippen LogP contribution is -2.49. The molecule has 0 spiro atoms. The minimum absolute atomic E-state index is 0.294. The predicted molar refractivity (Wildman–Crippen MR) is 84.1 cm³/mol. The van der Waals surface area contributed by atoms with Crippen molar-refractivity contribution in [3.8, 4) is 0 Å². The Hall–Kier alpha value is -1.95. The monoisotopic (exact) mass is 302 g/mol. The van der Waals surface area contributed by atoms with Gasteiger partial charge in [-0.3, -0.25) is 14.5 Å². The number of piperazine rings is 1. The summed E-state index contributed by atoms with van der Waals surface area (Å²) in [5.74, 6) is 1.08. The van der Waals surface area contributed by atoms with Crippen molar-refractivity contribution in [1.29, 1.82) is 0 Å². The van der Waals surface area contributed by atoms with Crippen LogP contribution in [0.1, 0.15) is 23.2 Å². The second-order valence-corrected chi connectivity index (χ2v) is 5.85. The average Bonchev–Trinajstić information content (AvgIpc) is 2.98. The smallest absolute Gasteiger partial charge is 0.222 e. The molecule has 0 atom stereocenters. The highest BCUT2D eigenvalue weighted by Gasteiger charge is 2.23. The molecule has 0 N–H and O–H groups in total. The molecule has 0 aliphatic carbocycles. The Morgan fingerprint density at radius 3 is 2.64 bits per heavy atom. The van der Waals surface area contributed by atoms with Crippen molar-refractivity contribution in [3.63, 3.8) is 0 Å². The zero-order valence-electron chi connectivity index (χ0n) is 12.8. The van der Waals surface area contributed by atoms with Crippen LogP contribution in [0.4, 0.5) is 5.82 Å². The van der Waals surface area contributed by atoms with Gasteiger partial charge in [0.2, 0.25) is 5.91 Å². The molecular formula is C16H22N4O2. The van der Waals surface area contributed by atoms with Gasteiger partial charge in [-0.25, -0.2) is 4.98 Å². The summed E-state index contributed by atoms with van der Waals surface area (Å²) >= 11 is 0. The third kappa shape index (κ3) is 3.27. The number of carbonyl (C=O) groups is 2. The number of likely N-dealkylation sites (tertiary alicyclic amines) is 1. The van der Waals surface area contributed by atoms with E-state index < -0.39 is 0 Å². The maximum atomic E-state index is 11.6. The van der Waals surface area contributed by atoms with Crippen LogP contribution in [-0.4, -0.2) is 72.8 Å². The Labute approximate surface area is 130 Å². The third-order valence-corrected chi connectivity index (χ3v) is 4.47. The number of hydrogen-bond acceptors (Lipinski definition) is 5. The summed E-state index contributed by atoms with van der Waals surface area (Å²) in [7, 11) is 0. The minimum atomic E-state index is 0.294. The summed E-state index contributed by atoms with van der Waals surface area (Å²) in [5, 5.41) is 0. The number of aromatic nitrogens is 1. The Bertz CT molecular complexity index is 541. The largest absolute Gasteiger partial charge is 0.353 e. The zero-order chi connectivity index (χ0) is 15.4. The quantitative estimate of drug-likeness (QED) is 0.747. The molecular weight excluding hydrogens is 280 g/mol. The number of nitrogens with zero attached hydrogens (tertiary/aromatic N) is 4. The molecule has 6 nitrogen and oxygen atoms in total. The summed E-state index contributed by atoms with van der Waals surface area (Å²) < 4.78 is 0. The number of hydrogen-bond donors (Lipinski definition) is 0. The Balaban J connectivity index is 1.50. The lowest BCUT2D eigenvalue weighted by atomic mass is 10.2. The number of rotatable bonds is 5. The van der Waals surface area contributed by atoms with Gasteiger partial charge in [0.1, 0.15) is 5.82 Å². The number of pyridine rings is 1. The molecule has 0 unspecified atom stereocenters. The molecule has 2 saturated heterocycles. The lowest BCUT2D eigenvalue weighted by molar-refractivity contribution is -0.127. The fourth-order valence-electron chi connectivity index (χ4n) is 3.15. The van der Waals surface area contributed by atoms with Gasteiger partial charge in [-0.1, -0.05) is 0 Å². The third-order valence-electron chi connectivity index (χ3n) is 4.47. The highest BCUT2D eigenvalue weighted by atomic mass is 16.2. The van der Waals surface area contributed by atoms with Gasteiger partial charge >= 0.3 is 0 Å². The van der Waals surface area contributed by atoms with E-state index in [1.54, 1.807) is 18.3 Å². The summed E-state index contributed by atoms with van der Waals surface area (Å²) in [6.07, 6.45) is 4.31. The first-order valence-electron chi connectivity index (χ1n) is 7.93. The standard InChI is InChI=1S/C16H22N4O2/c21-13-14-3-1-5-17-16(14)20-11-8-18(9-12-20)7-10-19-6-2-4-15(19)22/h1,3,5,13H,2,4,6-12H2. The molecule has 3 rings (SSSR count). The molecule has 0 aromatic carbocycles. The number of aldehydes is 1. The first-order valence-corrected chi connectivity index (χ1v) is 7.93. The first kappa shape index (κ1) is 15.0. The zero-order valence-corrected chi connectivity index (χ0v) is 12.8. The maximum Gasteiger partial charge on any atom is 0.222 e. The van der Waals surface area contributed by atoms with Gasteiger partial charge in [0, 0.05) is 58.4 Å². The molecule has 1 aromatic rings. The Morgan fingerprint density at radius 1 is 1.14 bits per heavy atom. The van der Waals surface area contributed by atoms with Crippen molar-refractivity contribution in [2.45, 2.75) is 12.8 Å². The molecule has 1 amide bonds. The van der Waals surface area contributed by atoms with Gasteiger partial charge in [-0.2, -0.15) is 0 Å². The maximum absolute atomic E-state index is 11.6. The van der Waals surface area contributed by atoms with Crippen LogP contribution in [0.25, 0.3) is 0 Å². The Morgan fingerprint density at radius 2 is 1.95 bits per heavy atom. The van der Waals surface area contributed by atoms with E-state index in [1.165, 1.54) is 0 Å². The van der Waals surface area contributed by atoms with Gasteiger partial charge in [0.05, 0.1) is 5.56 Å². The van der Waals surface area contributed by atoms with E-state index in [9.17, 15) is 9.59 Å². The molecule has 22 heavy (non-hydrogen) atoms. The van der Waals surface area contributed by atoms with E-state index in [0.29, 0.717) is 17.9 Å². The predicted octanol–water partition coefficient (Wildman–Crippen LogP) is 0.639. The topological polar surface area (TPSA) is 56.8 Å². The van der Waals surface area contributed by atoms with Gasteiger partial charge in [0.15, 0.2) is 6.29 Å². The van der Waals surface area contributed by atoms with Crippen LogP contribution in [0, 0.1) is 0 Å². The fourth-order valence-corrected chi connectivity index (χ4v) is 3.15. The molecule has 1 aromatic heterocycles. The number of carbonyl (C=O) groups excluding carboxylic acids is 2. The highest BCUT2D eigenvalue weighted by Crippen LogP contribution is 2.17. The van der Waals surface area contributed by atoms with Crippen molar-refractivity contribution in [2.24, 2.45) is 0 Å². The van der Waals surface area contributed by atoms with Crippen LogP contribution in [0.2, 0.25) is 0 Å². The van der Waals surface area contributed by atoms with Crippen LogP contribution in [0.5, 0.6) is 0 Å². The molecule has 3 heterocycles. The van der Waals surface area contributed by atoms with Crippen molar-refractivity contribution in [2.75, 3.05) is 50.7 Å². The van der Waals surface area contributed by atoms with E-state index in [1.807, 2.05) is 4.90 Å². The van der Waals surface area contributed by atoms with Crippen LogP contribution in [0.15, 0.2) is 18.3 Å². The summed E-state index contributed by atoms with van der Waals surface area (Å²) in [5.41, 5.74) is 0.651. The first-order chi connectivity index (χ1) is 10.8. The van der Waals surface area contributed by atoms with Crippen LogP contribution >= 0.6 is 0 Å². The summed E-state index contributed by atoms with van der Waals surface area (Å²) in [4.78, 5) is 33.6. The SMILES string of the molecule is O=Cc1cccnc1N1CCN(CCN2CCCC2=O)CC1. The van der Waals surface area contributed by atoms with Crippen molar-refractivity contribution in [3.05, 3.63) is 23.9 Å². The molecule has 0 bridgehead atoms. The van der Waals surface area contributed by atoms with Crippen LogP contribution < -0.4 is 4.90 Å². The van der Waals surface area contributed by atoms with E-state index >= 15 is 0 Å². The molecule has 2 fully saturated rings. The van der Waals surface area contributed by atoms with Crippen molar-refractivity contribution >= 4 is 18.0 Å².